The maximum Gasteiger partial charge on any atom is 0.261 e. The number of nitrogens with zero attached hydrogens (tertiary/aromatic N) is 1. The Morgan fingerprint density at radius 1 is 0.960 bits per heavy atom. The lowest BCUT2D eigenvalue weighted by molar-refractivity contribution is 0.0586. The van der Waals surface area contributed by atoms with E-state index in [1.165, 1.54) is 11.0 Å². The minimum atomic E-state index is -0.513. The molecule has 6 heteroatoms. The third kappa shape index (κ3) is 2.59. The van der Waals surface area contributed by atoms with E-state index in [-0.39, 0.29) is 28.2 Å². The topological polar surface area (TPSA) is 37.4 Å². The maximum atomic E-state index is 14.2. The fourth-order valence-corrected chi connectivity index (χ4v) is 4.18. The second kappa shape index (κ2) is 6.02. The van der Waals surface area contributed by atoms with Crippen molar-refractivity contribution < 1.29 is 18.4 Å². The number of carbonyl (C=O) groups excluding carboxylic acids is 2. The lowest BCUT2D eigenvalue weighted by Crippen LogP contribution is -2.38. The molecule has 1 aliphatic heterocycles. The lowest BCUT2D eigenvalue weighted by atomic mass is 9.96. The van der Waals surface area contributed by atoms with Crippen LogP contribution in [0, 0.1) is 11.6 Å². The molecule has 0 N–H and O–H groups in total. The van der Waals surface area contributed by atoms with Crippen LogP contribution in [0.2, 0.25) is 0 Å². The van der Waals surface area contributed by atoms with Crippen molar-refractivity contribution in [2.75, 3.05) is 0 Å². The number of halogens is 3. The number of rotatable bonds is 2. The standard InChI is InChI=1S/C19H14BrF2NO2/c20-15-9-16(21)14(8-17(15)22)10-5-6-11(7-10)23-18(24)12-3-1-2-4-13(12)19(23)25/h1-4,8-11H,5-7H2. The molecule has 4 rings (SSSR count). The van der Waals surface area contributed by atoms with Gasteiger partial charge in [0.05, 0.1) is 15.6 Å². The van der Waals surface area contributed by atoms with Crippen LogP contribution < -0.4 is 0 Å². The molecule has 2 aromatic rings. The van der Waals surface area contributed by atoms with Crippen molar-refractivity contribution in [3.8, 4) is 0 Å². The van der Waals surface area contributed by atoms with Gasteiger partial charge in [0.25, 0.3) is 11.8 Å². The molecule has 1 aliphatic carbocycles. The van der Waals surface area contributed by atoms with Crippen LogP contribution in [0.5, 0.6) is 0 Å². The van der Waals surface area contributed by atoms with Crippen LogP contribution in [-0.4, -0.2) is 22.8 Å². The number of carbonyl (C=O) groups is 2. The van der Waals surface area contributed by atoms with Gasteiger partial charge in [-0.3, -0.25) is 14.5 Å². The molecule has 0 bridgehead atoms. The average Bonchev–Trinajstić information content (AvgIpc) is 3.15. The Morgan fingerprint density at radius 2 is 1.60 bits per heavy atom. The van der Waals surface area contributed by atoms with Crippen LogP contribution in [0.3, 0.4) is 0 Å². The first-order valence-corrected chi connectivity index (χ1v) is 8.88. The van der Waals surface area contributed by atoms with E-state index < -0.39 is 11.6 Å². The van der Waals surface area contributed by atoms with E-state index in [2.05, 4.69) is 15.9 Å². The van der Waals surface area contributed by atoms with Crippen LogP contribution in [-0.2, 0) is 0 Å². The van der Waals surface area contributed by atoms with Gasteiger partial charge in [0.15, 0.2) is 0 Å². The number of benzene rings is 2. The number of hydrogen-bond acceptors (Lipinski definition) is 2. The van der Waals surface area contributed by atoms with E-state index in [0.29, 0.717) is 36.0 Å². The molecule has 2 unspecified atom stereocenters. The monoisotopic (exact) mass is 405 g/mol. The lowest BCUT2D eigenvalue weighted by Gasteiger charge is -2.22. The summed E-state index contributed by atoms with van der Waals surface area (Å²) in [6.07, 6.45) is 1.65. The number of hydrogen-bond donors (Lipinski definition) is 0. The van der Waals surface area contributed by atoms with Crippen LogP contribution in [0.4, 0.5) is 8.78 Å². The SMILES string of the molecule is O=C1c2ccccc2C(=O)N1C1CCC(c2cc(F)c(Br)cc2F)C1. The fourth-order valence-electron chi connectivity index (χ4n) is 3.86. The minimum absolute atomic E-state index is 0.0867. The summed E-state index contributed by atoms with van der Waals surface area (Å²) in [6, 6.07) is 8.78. The first-order chi connectivity index (χ1) is 12.0. The summed E-state index contributed by atoms with van der Waals surface area (Å²) < 4.78 is 28.1. The molecule has 0 spiro atoms. The second-order valence-corrected chi connectivity index (χ2v) is 7.33. The quantitative estimate of drug-likeness (QED) is 0.538. The van der Waals surface area contributed by atoms with Gasteiger partial charge < -0.3 is 0 Å². The molecule has 2 atom stereocenters. The molecule has 0 saturated heterocycles. The highest BCUT2D eigenvalue weighted by Crippen LogP contribution is 2.41. The normalized spacial score (nSPS) is 22.6. The molecule has 1 fully saturated rings. The van der Waals surface area contributed by atoms with Crippen molar-refractivity contribution in [1.82, 2.24) is 4.90 Å². The molecule has 1 saturated carbocycles. The van der Waals surface area contributed by atoms with Crippen molar-refractivity contribution in [3.63, 3.8) is 0 Å². The van der Waals surface area contributed by atoms with E-state index in [9.17, 15) is 18.4 Å². The number of imide groups is 1. The maximum absolute atomic E-state index is 14.2. The highest BCUT2D eigenvalue weighted by Gasteiger charge is 2.43. The zero-order valence-electron chi connectivity index (χ0n) is 13.1. The van der Waals surface area contributed by atoms with Gasteiger partial charge in [0, 0.05) is 6.04 Å². The Morgan fingerprint density at radius 3 is 2.24 bits per heavy atom. The number of fused-ring (bicyclic) bond motifs is 1. The van der Waals surface area contributed by atoms with E-state index in [1.54, 1.807) is 24.3 Å². The van der Waals surface area contributed by atoms with Crippen molar-refractivity contribution in [3.05, 3.63) is 69.2 Å². The highest BCUT2D eigenvalue weighted by atomic mass is 79.9. The molecule has 25 heavy (non-hydrogen) atoms. The Hall–Kier alpha value is -2.08. The predicted octanol–water partition coefficient (Wildman–Crippen LogP) is 4.66. The van der Waals surface area contributed by atoms with Crippen molar-refractivity contribution in [1.29, 1.82) is 0 Å². The van der Waals surface area contributed by atoms with Crippen molar-refractivity contribution >= 4 is 27.7 Å². The largest absolute Gasteiger partial charge is 0.271 e. The van der Waals surface area contributed by atoms with Gasteiger partial charge in [-0.2, -0.15) is 0 Å². The molecular formula is C19H14BrF2NO2. The van der Waals surface area contributed by atoms with Gasteiger partial charge in [0.2, 0.25) is 0 Å². The van der Waals surface area contributed by atoms with E-state index >= 15 is 0 Å². The third-order valence-corrected chi connectivity index (χ3v) is 5.68. The van der Waals surface area contributed by atoms with Gasteiger partial charge in [-0.05, 0) is 70.9 Å². The summed E-state index contributed by atoms with van der Waals surface area (Å²) in [5.41, 5.74) is 1.13. The summed E-state index contributed by atoms with van der Waals surface area (Å²) in [7, 11) is 0. The summed E-state index contributed by atoms with van der Waals surface area (Å²) in [4.78, 5) is 26.4. The smallest absolute Gasteiger partial charge is 0.261 e. The van der Waals surface area contributed by atoms with Crippen LogP contribution in [0.1, 0.15) is 51.5 Å². The first-order valence-electron chi connectivity index (χ1n) is 8.08. The van der Waals surface area contributed by atoms with Crippen molar-refractivity contribution in [2.45, 2.75) is 31.2 Å². The predicted molar refractivity (Wildman–Crippen MR) is 91.4 cm³/mol. The van der Waals surface area contributed by atoms with Gasteiger partial charge in [-0.15, -0.1) is 0 Å². The zero-order chi connectivity index (χ0) is 17.7. The molecule has 2 aliphatic rings. The summed E-state index contributed by atoms with van der Waals surface area (Å²) >= 11 is 2.97. The summed E-state index contributed by atoms with van der Waals surface area (Å²) in [5.74, 6) is -1.79. The molecule has 2 amide bonds. The first kappa shape index (κ1) is 16.4. The van der Waals surface area contributed by atoms with E-state index in [1.807, 2.05) is 0 Å². The molecule has 2 aromatic carbocycles. The Labute approximate surface area is 151 Å². The molecule has 3 nitrogen and oxygen atoms in total. The van der Waals surface area contributed by atoms with Crippen LogP contribution in [0.25, 0.3) is 0 Å². The highest BCUT2D eigenvalue weighted by molar-refractivity contribution is 9.10. The summed E-state index contributed by atoms with van der Waals surface area (Å²) in [5, 5.41) is 0. The van der Waals surface area contributed by atoms with E-state index in [4.69, 9.17) is 0 Å². The fraction of sp³-hybridized carbons (Fsp3) is 0.263. The molecular weight excluding hydrogens is 392 g/mol. The van der Waals surface area contributed by atoms with Crippen LogP contribution >= 0.6 is 15.9 Å². The number of amides is 2. The summed E-state index contributed by atoms with van der Waals surface area (Å²) in [6.45, 7) is 0. The van der Waals surface area contributed by atoms with Gasteiger partial charge in [-0.1, -0.05) is 12.1 Å². The Kier molecular flexibility index (Phi) is 3.95. The molecule has 1 heterocycles. The van der Waals surface area contributed by atoms with Crippen molar-refractivity contribution in [2.24, 2.45) is 0 Å². The molecule has 0 aromatic heterocycles. The minimum Gasteiger partial charge on any atom is -0.271 e. The third-order valence-electron chi connectivity index (χ3n) is 5.08. The van der Waals surface area contributed by atoms with Gasteiger partial charge in [0.1, 0.15) is 11.6 Å². The van der Waals surface area contributed by atoms with Gasteiger partial charge in [-0.25, -0.2) is 8.78 Å². The Bertz CT molecular complexity index is 864. The molecule has 0 radical (unpaired) electrons. The Balaban J connectivity index is 1.59. The van der Waals surface area contributed by atoms with Gasteiger partial charge >= 0.3 is 0 Å². The average molecular weight is 406 g/mol. The zero-order valence-corrected chi connectivity index (χ0v) is 14.7. The molecule has 128 valence electrons. The van der Waals surface area contributed by atoms with Crippen LogP contribution in [0.15, 0.2) is 40.9 Å². The second-order valence-electron chi connectivity index (χ2n) is 6.48. The van der Waals surface area contributed by atoms with E-state index in [0.717, 1.165) is 6.07 Å².